The van der Waals surface area contributed by atoms with Crippen LogP contribution in [0, 0.1) is 0 Å². The molecule has 0 N–H and O–H groups in total. The van der Waals surface area contributed by atoms with Gasteiger partial charge in [-0.3, -0.25) is 0 Å². The van der Waals surface area contributed by atoms with E-state index in [9.17, 15) is 8.42 Å². The minimum absolute atomic E-state index is 0.312. The molecule has 0 unspecified atom stereocenters. The van der Waals surface area contributed by atoms with Crippen LogP contribution in [0.25, 0.3) is 10.9 Å². The molecule has 1 aliphatic rings. The second-order valence-electron chi connectivity index (χ2n) is 4.75. The van der Waals surface area contributed by atoms with Crippen molar-refractivity contribution < 1.29 is 8.42 Å². The zero-order chi connectivity index (χ0) is 14.2. The molecule has 0 spiro atoms. The maximum atomic E-state index is 11.7. The van der Waals surface area contributed by atoms with Crippen molar-refractivity contribution in [2.75, 3.05) is 35.8 Å². The van der Waals surface area contributed by atoms with Crippen LogP contribution in [0.15, 0.2) is 29.4 Å². The average molecular weight is 309 g/mol. The molecule has 0 amide bonds. The molecule has 1 aromatic carbocycles. The van der Waals surface area contributed by atoms with Crippen molar-refractivity contribution in [3.8, 4) is 0 Å². The largest absolute Gasteiger partial charge is 0.354 e. The second-order valence-corrected chi connectivity index (χ2v) is 7.99. The standard InChI is InChI=1S/C13H15N3O2S2/c1-20(17,18)10-2-3-12-11(8-10)13(15-9-14-12)16-4-6-19-7-5-16/h2-3,8-9H,4-7H2,1H3. The first-order chi connectivity index (χ1) is 9.55. The van der Waals surface area contributed by atoms with Crippen LogP contribution >= 0.6 is 11.8 Å². The highest BCUT2D eigenvalue weighted by molar-refractivity contribution is 7.99. The molecule has 20 heavy (non-hydrogen) atoms. The Morgan fingerprint density at radius 2 is 1.95 bits per heavy atom. The van der Waals surface area contributed by atoms with Crippen LogP contribution in [-0.2, 0) is 9.84 Å². The smallest absolute Gasteiger partial charge is 0.175 e. The molecule has 0 bridgehead atoms. The summed E-state index contributed by atoms with van der Waals surface area (Å²) >= 11 is 1.93. The summed E-state index contributed by atoms with van der Waals surface area (Å²) < 4.78 is 23.4. The highest BCUT2D eigenvalue weighted by atomic mass is 32.2. The highest BCUT2D eigenvalue weighted by Gasteiger charge is 2.17. The Morgan fingerprint density at radius 3 is 2.65 bits per heavy atom. The fourth-order valence-electron chi connectivity index (χ4n) is 2.28. The van der Waals surface area contributed by atoms with Gasteiger partial charge in [0.2, 0.25) is 0 Å². The lowest BCUT2D eigenvalue weighted by Gasteiger charge is -2.28. The maximum absolute atomic E-state index is 11.7. The van der Waals surface area contributed by atoms with Crippen LogP contribution in [0.5, 0.6) is 0 Å². The molecule has 7 heteroatoms. The number of hydrogen-bond donors (Lipinski definition) is 0. The Morgan fingerprint density at radius 1 is 1.20 bits per heavy atom. The van der Waals surface area contributed by atoms with Crippen molar-refractivity contribution in [1.82, 2.24) is 9.97 Å². The molecule has 0 radical (unpaired) electrons. The number of sulfone groups is 1. The summed E-state index contributed by atoms with van der Waals surface area (Å²) in [6.45, 7) is 1.86. The van der Waals surface area contributed by atoms with Gasteiger partial charge in [-0.2, -0.15) is 11.8 Å². The minimum atomic E-state index is -3.22. The predicted octanol–water partition coefficient (Wildman–Crippen LogP) is 1.59. The van der Waals surface area contributed by atoms with E-state index in [1.807, 2.05) is 11.8 Å². The molecule has 3 rings (SSSR count). The minimum Gasteiger partial charge on any atom is -0.354 e. The van der Waals surface area contributed by atoms with Gasteiger partial charge >= 0.3 is 0 Å². The molecular formula is C13H15N3O2S2. The Labute approximate surface area is 122 Å². The average Bonchev–Trinajstić information content (AvgIpc) is 2.46. The van der Waals surface area contributed by atoms with E-state index in [1.165, 1.54) is 6.26 Å². The van der Waals surface area contributed by atoms with Crippen LogP contribution in [0.1, 0.15) is 0 Å². The van der Waals surface area contributed by atoms with E-state index in [-0.39, 0.29) is 0 Å². The molecule has 1 aromatic heterocycles. The van der Waals surface area contributed by atoms with Gasteiger partial charge in [-0.25, -0.2) is 18.4 Å². The molecule has 2 aromatic rings. The van der Waals surface area contributed by atoms with Crippen molar-refractivity contribution in [3.05, 3.63) is 24.5 Å². The van der Waals surface area contributed by atoms with Gasteiger partial charge in [-0.15, -0.1) is 0 Å². The van der Waals surface area contributed by atoms with Crippen molar-refractivity contribution >= 4 is 38.3 Å². The van der Waals surface area contributed by atoms with E-state index in [0.29, 0.717) is 4.90 Å². The number of hydrogen-bond acceptors (Lipinski definition) is 6. The van der Waals surface area contributed by atoms with Gasteiger partial charge in [-0.1, -0.05) is 0 Å². The normalized spacial score (nSPS) is 16.6. The van der Waals surface area contributed by atoms with Crippen LogP contribution in [0.4, 0.5) is 5.82 Å². The van der Waals surface area contributed by atoms with Crippen LogP contribution in [0.2, 0.25) is 0 Å². The van der Waals surface area contributed by atoms with Crippen molar-refractivity contribution in [1.29, 1.82) is 0 Å². The SMILES string of the molecule is CS(=O)(=O)c1ccc2ncnc(N3CCSCC3)c2c1. The van der Waals surface area contributed by atoms with Gasteiger partial charge < -0.3 is 4.90 Å². The molecule has 1 aliphatic heterocycles. The third kappa shape index (κ3) is 2.60. The first-order valence-corrected chi connectivity index (χ1v) is 9.38. The summed E-state index contributed by atoms with van der Waals surface area (Å²) in [6, 6.07) is 5.03. The number of aromatic nitrogens is 2. The summed E-state index contributed by atoms with van der Waals surface area (Å²) in [6.07, 6.45) is 2.76. The van der Waals surface area contributed by atoms with E-state index in [2.05, 4.69) is 14.9 Å². The quantitative estimate of drug-likeness (QED) is 0.839. The number of nitrogens with zero attached hydrogens (tertiary/aromatic N) is 3. The monoisotopic (exact) mass is 309 g/mol. The zero-order valence-corrected chi connectivity index (χ0v) is 12.7. The van der Waals surface area contributed by atoms with Gasteiger partial charge in [0.1, 0.15) is 12.1 Å². The molecule has 1 saturated heterocycles. The van der Waals surface area contributed by atoms with Crippen molar-refractivity contribution in [2.24, 2.45) is 0 Å². The molecule has 0 saturated carbocycles. The topological polar surface area (TPSA) is 63.2 Å². The van der Waals surface area contributed by atoms with Crippen molar-refractivity contribution in [3.63, 3.8) is 0 Å². The van der Waals surface area contributed by atoms with Gasteiger partial charge in [-0.05, 0) is 18.2 Å². The molecule has 5 nitrogen and oxygen atoms in total. The molecule has 0 aliphatic carbocycles. The number of fused-ring (bicyclic) bond motifs is 1. The van der Waals surface area contributed by atoms with Gasteiger partial charge in [0.15, 0.2) is 9.84 Å². The lowest BCUT2D eigenvalue weighted by atomic mass is 10.2. The first-order valence-electron chi connectivity index (χ1n) is 6.33. The summed E-state index contributed by atoms with van der Waals surface area (Å²) in [5, 5.41) is 0.808. The zero-order valence-electron chi connectivity index (χ0n) is 11.1. The van der Waals surface area contributed by atoms with Crippen molar-refractivity contribution in [2.45, 2.75) is 4.90 Å². The highest BCUT2D eigenvalue weighted by Crippen LogP contribution is 2.27. The molecular weight excluding hydrogens is 294 g/mol. The summed E-state index contributed by atoms with van der Waals surface area (Å²) in [5.41, 5.74) is 0.778. The summed E-state index contributed by atoms with van der Waals surface area (Å²) in [7, 11) is -3.22. The molecule has 2 heterocycles. The predicted molar refractivity (Wildman–Crippen MR) is 82.2 cm³/mol. The Kier molecular flexibility index (Phi) is 3.55. The lowest BCUT2D eigenvalue weighted by molar-refractivity contribution is 0.602. The maximum Gasteiger partial charge on any atom is 0.175 e. The van der Waals surface area contributed by atoms with Gasteiger partial charge in [0.25, 0.3) is 0 Å². The number of anilines is 1. The van der Waals surface area contributed by atoms with E-state index >= 15 is 0 Å². The third-order valence-electron chi connectivity index (χ3n) is 3.32. The number of thioether (sulfide) groups is 1. The lowest BCUT2D eigenvalue weighted by Crippen LogP contribution is -2.33. The van der Waals surface area contributed by atoms with Gasteiger partial charge in [0.05, 0.1) is 10.4 Å². The van der Waals surface area contributed by atoms with Gasteiger partial charge in [0, 0.05) is 36.2 Å². The van der Waals surface area contributed by atoms with Crippen LogP contribution in [-0.4, -0.2) is 49.2 Å². The molecule has 0 atom stereocenters. The summed E-state index contributed by atoms with van der Waals surface area (Å²) in [4.78, 5) is 11.1. The second kappa shape index (κ2) is 5.21. The number of rotatable bonds is 2. The Balaban J connectivity index is 2.16. The first kappa shape index (κ1) is 13.6. The Hall–Kier alpha value is -1.34. The molecule has 1 fully saturated rings. The molecule has 106 valence electrons. The number of benzene rings is 1. The van der Waals surface area contributed by atoms with E-state index in [1.54, 1.807) is 24.5 Å². The van der Waals surface area contributed by atoms with Crippen LogP contribution < -0.4 is 4.90 Å². The fourth-order valence-corrected chi connectivity index (χ4v) is 3.83. The van der Waals surface area contributed by atoms with Crippen LogP contribution in [0.3, 0.4) is 0 Å². The fraction of sp³-hybridized carbons (Fsp3) is 0.385. The van der Waals surface area contributed by atoms with E-state index in [0.717, 1.165) is 41.3 Å². The third-order valence-corrected chi connectivity index (χ3v) is 5.38. The summed E-state index contributed by atoms with van der Waals surface area (Å²) in [5.74, 6) is 2.97. The van der Waals surface area contributed by atoms with E-state index in [4.69, 9.17) is 0 Å². The Bertz CT molecular complexity index is 740. The van der Waals surface area contributed by atoms with E-state index < -0.39 is 9.84 Å².